The summed E-state index contributed by atoms with van der Waals surface area (Å²) in [5.74, 6) is 2.65. The van der Waals surface area contributed by atoms with E-state index in [1.807, 2.05) is 60.7 Å². The fraction of sp³-hybridized carbons (Fsp3) is 0. The fourth-order valence-electron chi connectivity index (χ4n) is 3.04. The molecule has 4 aromatic carbocycles. The quantitative estimate of drug-likeness (QED) is 0.206. The highest BCUT2D eigenvalue weighted by Crippen LogP contribution is 2.44. The van der Waals surface area contributed by atoms with Gasteiger partial charge in [-0.25, -0.2) is 0 Å². The molecule has 0 aromatic heterocycles. The number of ether oxygens (including phenoxy) is 2. The van der Waals surface area contributed by atoms with E-state index in [1.54, 1.807) is 12.1 Å². The minimum absolute atomic E-state index is 0.640. The summed E-state index contributed by atoms with van der Waals surface area (Å²) in [4.78, 5) is 0. The highest BCUT2D eigenvalue weighted by atomic mass is 79.9. The highest BCUT2D eigenvalue weighted by molar-refractivity contribution is 9.11. The molecule has 4 N–H and O–H groups in total. The standard InChI is InChI=1S/C24H16Br4N2O2/c25-19-7-13(8-20(26)23(19)31-17-5-1-3-15(29)11-17)14-9-21(27)24(22(28)10-14)32-18-6-2-4-16(30)12-18/h1-12H,29-30H2. The van der Waals surface area contributed by atoms with E-state index in [2.05, 4.69) is 63.7 Å². The van der Waals surface area contributed by atoms with Crippen LogP contribution in [-0.2, 0) is 0 Å². The van der Waals surface area contributed by atoms with Crippen LogP contribution in [0.2, 0.25) is 0 Å². The van der Waals surface area contributed by atoms with Crippen molar-refractivity contribution in [1.29, 1.82) is 0 Å². The third-order valence-electron chi connectivity index (χ3n) is 4.49. The maximum absolute atomic E-state index is 6.03. The van der Waals surface area contributed by atoms with Crippen LogP contribution in [-0.4, -0.2) is 0 Å². The number of anilines is 2. The van der Waals surface area contributed by atoms with Gasteiger partial charge in [-0.15, -0.1) is 0 Å². The molecule has 0 heterocycles. The smallest absolute Gasteiger partial charge is 0.155 e. The van der Waals surface area contributed by atoms with Gasteiger partial charge in [-0.05, 0) is 123 Å². The Morgan fingerprint density at radius 2 is 0.844 bits per heavy atom. The number of nitrogen functional groups attached to an aromatic ring is 2. The van der Waals surface area contributed by atoms with Gasteiger partial charge in [0.25, 0.3) is 0 Å². The van der Waals surface area contributed by atoms with Crippen molar-refractivity contribution in [2.75, 3.05) is 11.5 Å². The van der Waals surface area contributed by atoms with Crippen LogP contribution in [0.25, 0.3) is 11.1 Å². The number of hydrogen-bond donors (Lipinski definition) is 2. The second-order valence-electron chi connectivity index (χ2n) is 6.89. The molecule has 0 aliphatic carbocycles. The number of rotatable bonds is 5. The van der Waals surface area contributed by atoms with Crippen LogP contribution in [0.15, 0.2) is 90.7 Å². The normalized spacial score (nSPS) is 10.8. The molecule has 0 unspecified atom stereocenters. The zero-order valence-electron chi connectivity index (χ0n) is 16.4. The third-order valence-corrected chi connectivity index (χ3v) is 6.84. The average molecular weight is 684 g/mol. The third kappa shape index (κ3) is 5.31. The summed E-state index contributed by atoms with van der Waals surface area (Å²) in [5.41, 5.74) is 15.0. The minimum Gasteiger partial charge on any atom is -0.455 e. The molecule has 4 rings (SSSR count). The molecular weight excluding hydrogens is 668 g/mol. The molecule has 0 aliphatic heterocycles. The van der Waals surface area contributed by atoms with Gasteiger partial charge in [-0.1, -0.05) is 12.1 Å². The van der Waals surface area contributed by atoms with Crippen molar-refractivity contribution >= 4 is 75.1 Å². The van der Waals surface area contributed by atoms with E-state index in [0.717, 1.165) is 29.0 Å². The Kier molecular flexibility index (Phi) is 7.14. The first kappa shape index (κ1) is 23.2. The van der Waals surface area contributed by atoms with Gasteiger partial charge in [-0.2, -0.15) is 0 Å². The van der Waals surface area contributed by atoms with Crippen LogP contribution in [0.5, 0.6) is 23.0 Å². The van der Waals surface area contributed by atoms with E-state index >= 15 is 0 Å². The number of hydrogen-bond acceptors (Lipinski definition) is 4. The molecule has 0 saturated heterocycles. The van der Waals surface area contributed by atoms with Crippen LogP contribution >= 0.6 is 63.7 Å². The van der Waals surface area contributed by atoms with Gasteiger partial charge < -0.3 is 20.9 Å². The Hall–Kier alpha value is -2.00. The SMILES string of the molecule is Nc1cccc(Oc2c(Br)cc(-c3cc(Br)c(Oc4cccc(N)c4)c(Br)c3)cc2Br)c1. The van der Waals surface area contributed by atoms with Crippen LogP contribution in [0, 0.1) is 0 Å². The van der Waals surface area contributed by atoms with E-state index in [-0.39, 0.29) is 0 Å². The highest BCUT2D eigenvalue weighted by Gasteiger charge is 2.15. The summed E-state index contributed by atoms with van der Waals surface area (Å²) in [6, 6.07) is 22.6. The largest absolute Gasteiger partial charge is 0.455 e. The lowest BCUT2D eigenvalue weighted by atomic mass is 10.1. The van der Waals surface area contributed by atoms with Crippen LogP contribution in [0.1, 0.15) is 0 Å². The van der Waals surface area contributed by atoms with Crippen LogP contribution < -0.4 is 20.9 Å². The summed E-state index contributed by atoms with van der Waals surface area (Å²) >= 11 is 14.5. The van der Waals surface area contributed by atoms with Gasteiger partial charge in [0.05, 0.1) is 17.9 Å². The molecule has 4 nitrogen and oxygen atoms in total. The van der Waals surface area contributed by atoms with E-state index in [0.29, 0.717) is 34.4 Å². The average Bonchev–Trinajstić information content (AvgIpc) is 2.73. The van der Waals surface area contributed by atoms with Crippen molar-refractivity contribution in [3.05, 3.63) is 90.7 Å². The first-order chi connectivity index (χ1) is 15.3. The van der Waals surface area contributed by atoms with Crippen molar-refractivity contribution in [2.24, 2.45) is 0 Å². The van der Waals surface area contributed by atoms with E-state index in [4.69, 9.17) is 20.9 Å². The lowest BCUT2D eigenvalue weighted by molar-refractivity contribution is 0.476. The Labute approximate surface area is 219 Å². The number of benzene rings is 4. The van der Waals surface area contributed by atoms with Crippen LogP contribution in [0.3, 0.4) is 0 Å². The van der Waals surface area contributed by atoms with Crippen molar-refractivity contribution in [2.45, 2.75) is 0 Å². The minimum atomic E-state index is 0.640. The molecule has 0 atom stereocenters. The van der Waals surface area contributed by atoms with Gasteiger partial charge in [0.2, 0.25) is 0 Å². The molecule has 0 bridgehead atoms. The zero-order chi connectivity index (χ0) is 22.8. The first-order valence-electron chi connectivity index (χ1n) is 9.35. The maximum atomic E-state index is 6.03. The molecule has 0 radical (unpaired) electrons. The van der Waals surface area contributed by atoms with Gasteiger partial charge >= 0.3 is 0 Å². The number of nitrogens with two attached hydrogens (primary N) is 2. The Bertz CT molecular complexity index is 1160. The van der Waals surface area contributed by atoms with Crippen molar-refractivity contribution in [3.63, 3.8) is 0 Å². The summed E-state index contributed by atoms with van der Waals surface area (Å²) in [6.07, 6.45) is 0. The predicted molar refractivity (Wildman–Crippen MR) is 145 cm³/mol. The summed E-state index contributed by atoms with van der Waals surface area (Å²) in [6.45, 7) is 0. The molecule has 162 valence electrons. The molecule has 4 aromatic rings. The molecule has 0 saturated carbocycles. The molecule has 0 spiro atoms. The zero-order valence-corrected chi connectivity index (χ0v) is 22.8. The molecule has 0 amide bonds. The summed E-state index contributed by atoms with van der Waals surface area (Å²) in [5, 5.41) is 0. The first-order valence-corrected chi connectivity index (χ1v) is 12.5. The topological polar surface area (TPSA) is 70.5 Å². The Morgan fingerprint density at radius 1 is 0.500 bits per heavy atom. The van der Waals surface area contributed by atoms with Crippen molar-refractivity contribution < 1.29 is 9.47 Å². The monoisotopic (exact) mass is 680 g/mol. The predicted octanol–water partition coefficient (Wildman–Crippen LogP) is 9.15. The van der Waals surface area contributed by atoms with Crippen LogP contribution in [0.4, 0.5) is 11.4 Å². The molecule has 8 heteroatoms. The number of halogens is 4. The fourth-order valence-corrected chi connectivity index (χ4v) is 5.74. The van der Waals surface area contributed by atoms with E-state index in [9.17, 15) is 0 Å². The molecule has 32 heavy (non-hydrogen) atoms. The van der Waals surface area contributed by atoms with Crippen molar-refractivity contribution in [1.82, 2.24) is 0 Å². The Balaban J connectivity index is 1.65. The second kappa shape index (κ2) is 9.87. The summed E-state index contributed by atoms with van der Waals surface area (Å²) < 4.78 is 15.3. The lowest BCUT2D eigenvalue weighted by Crippen LogP contribution is -1.92. The Morgan fingerprint density at radius 3 is 1.16 bits per heavy atom. The van der Waals surface area contributed by atoms with Gasteiger partial charge in [0, 0.05) is 23.5 Å². The van der Waals surface area contributed by atoms with Crippen molar-refractivity contribution in [3.8, 4) is 34.1 Å². The molecule has 0 aliphatic rings. The second-order valence-corrected chi connectivity index (χ2v) is 10.3. The molecular formula is C24H16Br4N2O2. The van der Waals surface area contributed by atoms with E-state index < -0.39 is 0 Å². The van der Waals surface area contributed by atoms with Gasteiger partial charge in [0.1, 0.15) is 11.5 Å². The van der Waals surface area contributed by atoms with E-state index in [1.165, 1.54) is 0 Å². The van der Waals surface area contributed by atoms with Gasteiger partial charge in [-0.3, -0.25) is 0 Å². The lowest BCUT2D eigenvalue weighted by Gasteiger charge is -2.15. The molecule has 0 fully saturated rings. The van der Waals surface area contributed by atoms with Gasteiger partial charge in [0.15, 0.2) is 11.5 Å². The maximum Gasteiger partial charge on any atom is 0.155 e. The summed E-state index contributed by atoms with van der Waals surface area (Å²) in [7, 11) is 0.